The van der Waals surface area contributed by atoms with Crippen molar-refractivity contribution >= 4 is 44.4 Å². The highest BCUT2D eigenvalue weighted by atomic mass is 32.1. The van der Waals surface area contributed by atoms with Crippen LogP contribution in [0.4, 0.5) is 24.4 Å². The van der Waals surface area contributed by atoms with E-state index in [1.54, 1.807) is 18.2 Å². The molecule has 0 bridgehead atoms. The Morgan fingerprint density at radius 3 is 2.52 bits per heavy atom. The number of benzene rings is 2. The summed E-state index contributed by atoms with van der Waals surface area (Å²) in [6.45, 7) is 0. The van der Waals surface area contributed by atoms with Crippen LogP contribution < -0.4 is 10.6 Å². The summed E-state index contributed by atoms with van der Waals surface area (Å²) in [6.07, 6.45) is 0. The first-order chi connectivity index (χ1) is 12.0. The lowest BCUT2D eigenvalue weighted by Gasteiger charge is -2.07. The molecule has 0 unspecified atom stereocenters. The predicted molar refractivity (Wildman–Crippen MR) is 90.0 cm³/mol. The number of hydrogen-bond donors (Lipinski definition) is 2. The zero-order valence-electron chi connectivity index (χ0n) is 12.8. The van der Waals surface area contributed by atoms with Gasteiger partial charge in [0.2, 0.25) is 0 Å². The summed E-state index contributed by atoms with van der Waals surface area (Å²) in [5.74, 6) is -2.26. The maximum absolute atomic E-state index is 13.5. The number of fused-ring (bicyclic) bond motifs is 1. The summed E-state index contributed by atoms with van der Waals surface area (Å²) >= 11 is 1.11. The molecular weight excluding hydrogens is 352 g/mol. The Bertz CT molecular complexity index is 954. The van der Waals surface area contributed by atoms with Crippen LogP contribution in [0.25, 0.3) is 10.2 Å². The van der Waals surface area contributed by atoms with Crippen molar-refractivity contribution in [3.05, 3.63) is 53.6 Å². The smallest absolute Gasteiger partial charge is 0.337 e. The topological polar surface area (TPSA) is 80.3 Å². The fourth-order valence-electron chi connectivity index (χ4n) is 2.08. The van der Waals surface area contributed by atoms with E-state index < -0.39 is 29.3 Å². The molecule has 0 saturated heterocycles. The van der Waals surface area contributed by atoms with Gasteiger partial charge in [0.1, 0.15) is 17.3 Å². The number of carbonyl (C=O) groups is 2. The van der Waals surface area contributed by atoms with Crippen molar-refractivity contribution < 1.29 is 23.1 Å². The Balaban J connectivity index is 1.78. The fourth-order valence-corrected chi connectivity index (χ4v) is 2.98. The molecule has 0 aliphatic heterocycles. The van der Waals surface area contributed by atoms with Gasteiger partial charge in [-0.3, -0.25) is 5.32 Å². The van der Waals surface area contributed by atoms with E-state index in [1.165, 1.54) is 13.2 Å². The highest BCUT2D eigenvalue weighted by Crippen LogP contribution is 2.27. The van der Waals surface area contributed by atoms with E-state index in [0.717, 1.165) is 23.5 Å². The Hall–Kier alpha value is -3.07. The Kier molecular flexibility index (Phi) is 4.57. The third-order valence-electron chi connectivity index (χ3n) is 3.23. The van der Waals surface area contributed by atoms with Crippen LogP contribution in [0.5, 0.6) is 0 Å². The molecule has 0 fully saturated rings. The minimum atomic E-state index is -0.887. The van der Waals surface area contributed by atoms with Gasteiger partial charge in [-0.25, -0.2) is 23.4 Å². The van der Waals surface area contributed by atoms with Crippen molar-refractivity contribution in [1.29, 1.82) is 0 Å². The molecule has 2 N–H and O–H groups in total. The highest BCUT2D eigenvalue weighted by molar-refractivity contribution is 7.22. The molecule has 0 radical (unpaired) electrons. The molecule has 3 rings (SSSR count). The van der Waals surface area contributed by atoms with Crippen LogP contribution in [0.2, 0.25) is 0 Å². The van der Waals surface area contributed by atoms with Crippen molar-refractivity contribution in [2.24, 2.45) is 0 Å². The number of rotatable bonds is 3. The molecule has 0 aliphatic rings. The van der Waals surface area contributed by atoms with Crippen LogP contribution in [0.15, 0.2) is 36.4 Å². The molecule has 0 atom stereocenters. The number of anilines is 2. The summed E-state index contributed by atoms with van der Waals surface area (Å²) in [5, 5.41) is 4.72. The largest absolute Gasteiger partial charge is 0.465 e. The molecule has 2 aromatic carbocycles. The lowest BCUT2D eigenvalue weighted by molar-refractivity contribution is 0.0601. The molecule has 9 heteroatoms. The zero-order chi connectivity index (χ0) is 18.0. The molecule has 25 heavy (non-hydrogen) atoms. The lowest BCUT2D eigenvalue weighted by atomic mass is 10.2. The number of esters is 1. The lowest BCUT2D eigenvalue weighted by Crippen LogP contribution is -2.20. The summed E-state index contributed by atoms with van der Waals surface area (Å²) in [4.78, 5) is 27.6. The summed E-state index contributed by atoms with van der Waals surface area (Å²) in [7, 11) is 1.28. The number of nitrogens with zero attached hydrogens (tertiary/aromatic N) is 1. The molecule has 3 aromatic rings. The Morgan fingerprint density at radius 1 is 1.12 bits per heavy atom. The third kappa shape index (κ3) is 3.56. The summed E-state index contributed by atoms with van der Waals surface area (Å²) in [6, 6.07) is 7.16. The minimum absolute atomic E-state index is 0.214. The van der Waals surface area contributed by atoms with Crippen molar-refractivity contribution in [2.75, 3.05) is 17.7 Å². The molecule has 0 saturated carbocycles. The fraction of sp³-hybridized carbons (Fsp3) is 0.0625. The minimum Gasteiger partial charge on any atom is -0.465 e. The first-order valence-corrected chi connectivity index (χ1v) is 7.80. The summed E-state index contributed by atoms with van der Waals surface area (Å²) < 4.78 is 32.4. The number of carbonyl (C=O) groups excluding carboxylic acids is 2. The van der Waals surface area contributed by atoms with Crippen molar-refractivity contribution in [3.63, 3.8) is 0 Å². The van der Waals surface area contributed by atoms with Gasteiger partial charge in [-0.15, -0.1) is 0 Å². The van der Waals surface area contributed by atoms with Crippen LogP contribution >= 0.6 is 11.3 Å². The number of thiazole rings is 1. The van der Waals surface area contributed by atoms with Gasteiger partial charge < -0.3 is 10.1 Å². The average Bonchev–Trinajstić information content (AvgIpc) is 2.98. The van der Waals surface area contributed by atoms with Gasteiger partial charge in [-0.1, -0.05) is 17.4 Å². The van der Waals surface area contributed by atoms with E-state index in [4.69, 9.17) is 0 Å². The first-order valence-electron chi connectivity index (χ1n) is 6.99. The molecule has 6 nitrogen and oxygen atoms in total. The Labute approximate surface area is 144 Å². The van der Waals surface area contributed by atoms with E-state index in [-0.39, 0.29) is 5.13 Å². The first kappa shape index (κ1) is 16.8. The van der Waals surface area contributed by atoms with Gasteiger partial charge in [0.05, 0.1) is 22.9 Å². The van der Waals surface area contributed by atoms with Gasteiger partial charge in [0.15, 0.2) is 5.13 Å². The normalized spacial score (nSPS) is 10.5. The molecule has 1 aromatic heterocycles. The van der Waals surface area contributed by atoms with Gasteiger partial charge >= 0.3 is 12.0 Å². The SMILES string of the molecule is COC(=O)c1ccc2nc(NC(=O)Nc3c(F)cccc3F)sc2c1. The third-order valence-corrected chi connectivity index (χ3v) is 4.16. The molecule has 0 spiro atoms. The molecule has 2 amide bonds. The van der Waals surface area contributed by atoms with Crippen molar-refractivity contribution in [2.45, 2.75) is 0 Å². The van der Waals surface area contributed by atoms with Gasteiger partial charge in [0.25, 0.3) is 0 Å². The number of urea groups is 1. The number of ether oxygens (including phenoxy) is 1. The van der Waals surface area contributed by atoms with Gasteiger partial charge in [0, 0.05) is 0 Å². The number of aromatic nitrogens is 1. The number of para-hydroxylation sites is 1. The van der Waals surface area contributed by atoms with E-state index >= 15 is 0 Å². The number of methoxy groups -OCH3 is 1. The van der Waals surface area contributed by atoms with Gasteiger partial charge in [-0.05, 0) is 30.3 Å². The number of amides is 2. The van der Waals surface area contributed by atoms with Crippen LogP contribution in [-0.4, -0.2) is 24.1 Å². The second kappa shape index (κ2) is 6.81. The zero-order valence-corrected chi connectivity index (χ0v) is 13.6. The number of hydrogen-bond acceptors (Lipinski definition) is 5. The molecule has 0 aliphatic carbocycles. The highest BCUT2D eigenvalue weighted by Gasteiger charge is 2.14. The van der Waals surface area contributed by atoms with Crippen LogP contribution in [0.1, 0.15) is 10.4 Å². The van der Waals surface area contributed by atoms with E-state index in [2.05, 4.69) is 20.4 Å². The monoisotopic (exact) mass is 363 g/mol. The van der Waals surface area contributed by atoms with Crippen LogP contribution in [-0.2, 0) is 4.74 Å². The van der Waals surface area contributed by atoms with E-state index in [1.807, 2.05) is 0 Å². The second-order valence-corrected chi connectivity index (χ2v) is 5.90. The van der Waals surface area contributed by atoms with E-state index in [9.17, 15) is 18.4 Å². The maximum atomic E-state index is 13.5. The van der Waals surface area contributed by atoms with Crippen molar-refractivity contribution in [3.8, 4) is 0 Å². The van der Waals surface area contributed by atoms with Crippen LogP contribution in [0, 0.1) is 11.6 Å². The van der Waals surface area contributed by atoms with Gasteiger partial charge in [-0.2, -0.15) is 0 Å². The standard InChI is InChI=1S/C16H11F2N3O3S/c1-24-14(22)8-5-6-11-12(7-8)25-16(19-11)21-15(23)20-13-9(17)3-2-4-10(13)18/h2-7H,1H3,(H2,19,20,21,23). The Morgan fingerprint density at radius 2 is 1.84 bits per heavy atom. The quantitative estimate of drug-likeness (QED) is 0.689. The van der Waals surface area contributed by atoms with E-state index in [0.29, 0.717) is 15.8 Å². The van der Waals surface area contributed by atoms with Crippen LogP contribution in [0.3, 0.4) is 0 Å². The second-order valence-electron chi connectivity index (χ2n) is 4.87. The van der Waals surface area contributed by atoms with Crippen molar-refractivity contribution in [1.82, 2.24) is 4.98 Å². The number of nitrogens with one attached hydrogen (secondary N) is 2. The average molecular weight is 363 g/mol. The predicted octanol–water partition coefficient (Wildman–Crippen LogP) is 4.01. The molecule has 128 valence electrons. The molecular formula is C16H11F2N3O3S. The molecule has 1 heterocycles. The number of halogens is 2. The summed E-state index contributed by atoms with van der Waals surface area (Å²) in [5.41, 5.74) is 0.363. The maximum Gasteiger partial charge on any atom is 0.337 e.